The van der Waals surface area contributed by atoms with E-state index < -0.39 is 5.97 Å². The Labute approximate surface area is 173 Å². The van der Waals surface area contributed by atoms with E-state index in [1.807, 2.05) is 26.0 Å². The minimum atomic E-state index is -0.400. The number of nitrogens with zero attached hydrogens (tertiary/aromatic N) is 2. The fraction of sp³-hybridized carbons (Fsp3) is 0.190. The third-order valence-electron chi connectivity index (χ3n) is 4.46. The Kier molecular flexibility index (Phi) is 6.19. The van der Waals surface area contributed by atoms with Gasteiger partial charge in [0.2, 0.25) is 0 Å². The number of hydrogen-bond acceptors (Lipinski definition) is 4. The molecule has 0 saturated heterocycles. The molecule has 29 heavy (non-hydrogen) atoms. The van der Waals surface area contributed by atoms with Gasteiger partial charge in [-0.05, 0) is 49.7 Å². The van der Waals surface area contributed by atoms with Gasteiger partial charge < -0.3 is 15.4 Å². The van der Waals surface area contributed by atoms with E-state index in [4.69, 9.17) is 16.3 Å². The van der Waals surface area contributed by atoms with Crippen molar-refractivity contribution in [2.45, 2.75) is 20.4 Å². The fourth-order valence-corrected chi connectivity index (χ4v) is 3.10. The van der Waals surface area contributed by atoms with Crippen LogP contribution >= 0.6 is 11.6 Å². The van der Waals surface area contributed by atoms with E-state index in [1.54, 1.807) is 41.1 Å². The zero-order valence-corrected chi connectivity index (χ0v) is 17.1. The van der Waals surface area contributed by atoms with Gasteiger partial charge in [0.15, 0.2) is 0 Å². The summed E-state index contributed by atoms with van der Waals surface area (Å²) in [5.74, 6) is -0.400. The van der Waals surface area contributed by atoms with Crippen molar-refractivity contribution in [3.05, 3.63) is 76.1 Å². The molecule has 3 aromatic rings. The summed E-state index contributed by atoms with van der Waals surface area (Å²) in [6.07, 6.45) is 0. The van der Waals surface area contributed by atoms with Crippen LogP contribution in [0.25, 0.3) is 0 Å². The standard InChI is InChI=1S/C21H21ClN4O3/c1-13-19(24-21(28)23-17-10-8-16(22)9-11-17)14(2)26(25-13)12-15-6-4-5-7-18(15)20(27)29-3/h4-11H,12H2,1-3H3,(H2,23,24,28). The molecule has 0 bridgehead atoms. The molecule has 7 nitrogen and oxygen atoms in total. The van der Waals surface area contributed by atoms with Crippen LogP contribution in [0.4, 0.5) is 16.2 Å². The van der Waals surface area contributed by atoms with Gasteiger partial charge in [0, 0.05) is 10.7 Å². The Morgan fingerprint density at radius 1 is 1.07 bits per heavy atom. The van der Waals surface area contributed by atoms with Gasteiger partial charge in [-0.25, -0.2) is 9.59 Å². The first-order valence-electron chi connectivity index (χ1n) is 8.93. The first kappa shape index (κ1) is 20.4. The lowest BCUT2D eigenvalue weighted by Gasteiger charge is -2.10. The number of amides is 2. The minimum Gasteiger partial charge on any atom is -0.465 e. The first-order chi connectivity index (χ1) is 13.9. The van der Waals surface area contributed by atoms with Crippen molar-refractivity contribution < 1.29 is 14.3 Å². The largest absolute Gasteiger partial charge is 0.465 e. The molecule has 1 aromatic heterocycles. The maximum atomic E-state index is 12.4. The number of aromatic nitrogens is 2. The number of halogens is 1. The number of methoxy groups -OCH3 is 1. The molecule has 0 spiro atoms. The van der Waals surface area contributed by atoms with E-state index in [2.05, 4.69) is 15.7 Å². The van der Waals surface area contributed by atoms with Gasteiger partial charge in [-0.3, -0.25) is 4.68 Å². The van der Waals surface area contributed by atoms with Gasteiger partial charge in [-0.2, -0.15) is 5.10 Å². The number of nitrogens with one attached hydrogen (secondary N) is 2. The molecule has 2 aromatic carbocycles. The van der Waals surface area contributed by atoms with E-state index in [-0.39, 0.29) is 6.03 Å². The summed E-state index contributed by atoms with van der Waals surface area (Å²) in [6.45, 7) is 4.05. The highest BCUT2D eigenvalue weighted by Crippen LogP contribution is 2.22. The smallest absolute Gasteiger partial charge is 0.338 e. The summed E-state index contributed by atoms with van der Waals surface area (Å²) in [4.78, 5) is 24.4. The second-order valence-electron chi connectivity index (χ2n) is 6.44. The van der Waals surface area contributed by atoms with E-state index >= 15 is 0 Å². The SMILES string of the molecule is COC(=O)c1ccccc1Cn1nc(C)c(NC(=O)Nc2ccc(Cl)cc2)c1C. The summed E-state index contributed by atoms with van der Waals surface area (Å²) in [5.41, 5.74) is 3.95. The Hall–Kier alpha value is -3.32. The maximum Gasteiger partial charge on any atom is 0.338 e. The number of carbonyl (C=O) groups is 2. The molecule has 2 N–H and O–H groups in total. The highest BCUT2D eigenvalue weighted by Gasteiger charge is 2.17. The highest BCUT2D eigenvalue weighted by atomic mass is 35.5. The van der Waals surface area contributed by atoms with E-state index in [0.29, 0.717) is 34.2 Å². The molecular formula is C21H21ClN4O3. The third-order valence-corrected chi connectivity index (χ3v) is 4.72. The fourth-order valence-electron chi connectivity index (χ4n) is 2.97. The monoisotopic (exact) mass is 412 g/mol. The van der Waals surface area contributed by atoms with Gasteiger partial charge in [0.1, 0.15) is 0 Å². The van der Waals surface area contributed by atoms with E-state index in [0.717, 1.165) is 11.3 Å². The molecule has 0 aliphatic heterocycles. The molecule has 0 aliphatic rings. The van der Waals surface area contributed by atoms with Crippen LogP contribution in [0.5, 0.6) is 0 Å². The second-order valence-corrected chi connectivity index (χ2v) is 6.87. The molecule has 0 saturated carbocycles. The third kappa shape index (κ3) is 4.75. The highest BCUT2D eigenvalue weighted by molar-refractivity contribution is 6.30. The first-order valence-corrected chi connectivity index (χ1v) is 9.30. The summed E-state index contributed by atoms with van der Waals surface area (Å²) >= 11 is 5.86. The minimum absolute atomic E-state index is 0.373. The van der Waals surface area contributed by atoms with Gasteiger partial charge in [-0.15, -0.1) is 0 Å². The van der Waals surface area contributed by atoms with E-state index in [9.17, 15) is 9.59 Å². The summed E-state index contributed by atoms with van der Waals surface area (Å²) in [6, 6.07) is 13.7. The Bertz CT molecular complexity index is 1040. The number of hydrogen-bond donors (Lipinski definition) is 2. The number of anilines is 2. The van der Waals surface area contributed by atoms with Crippen molar-refractivity contribution in [1.82, 2.24) is 9.78 Å². The molecule has 8 heteroatoms. The molecule has 0 fully saturated rings. The molecule has 150 valence electrons. The van der Waals surface area contributed by atoms with Gasteiger partial charge in [0.25, 0.3) is 0 Å². The quantitative estimate of drug-likeness (QED) is 0.598. The molecule has 0 radical (unpaired) electrons. The number of benzene rings is 2. The number of aryl methyl sites for hydroxylation is 1. The van der Waals surface area contributed by atoms with Gasteiger partial charge in [0.05, 0.1) is 36.3 Å². The Morgan fingerprint density at radius 3 is 2.45 bits per heavy atom. The zero-order valence-electron chi connectivity index (χ0n) is 16.3. The molecule has 2 amide bonds. The van der Waals surface area contributed by atoms with Crippen LogP contribution in [-0.4, -0.2) is 28.9 Å². The molecule has 1 heterocycles. The average molecular weight is 413 g/mol. The lowest BCUT2D eigenvalue weighted by Crippen LogP contribution is -2.20. The van der Waals surface area contributed by atoms with Crippen LogP contribution in [0.15, 0.2) is 48.5 Å². The second kappa shape index (κ2) is 8.79. The van der Waals surface area contributed by atoms with Crippen molar-refractivity contribution in [1.29, 1.82) is 0 Å². The topological polar surface area (TPSA) is 85.2 Å². The summed E-state index contributed by atoms with van der Waals surface area (Å²) in [7, 11) is 1.35. The lowest BCUT2D eigenvalue weighted by molar-refractivity contribution is 0.0599. The predicted octanol–water partition coefficient (Wildman–Crippen LogP) is 4.63. The van der Waals surface area contributed by atoms with Gasteiger partial charge >= 0.3 is 12.0 Å². The number of rotatable bonds is 5. The van der Waals surface area contributed by atoms with Crippen LogP contribution in [0, 0.1) is 13.8 Å². The maximum absolute atomic E-state index is 12.4. The van der Waals surface area contributed by atoms with Crippen LogP contribution in [0.2, 0.25) is 5.02 Å². The summed E-state index contributed by atoms with van der Waals surface area (Å²) in [5, 5.41) is 10.7. The summed E-state index contributed by atoms with van der Waals surface area (Å²) < 4.78 is 6.59. The molecule has 0 unspecified atom stereocenters. The molecule has 3 rings (SSSR count). The number of carbonyl (C=O) groups excluding carboxylic acids is 2. The van der Waals surface area contributed by atoms with Crippen LogP contribution < -0.4 is 10.6 Å². The van der Waals surface area contributed by atoms with Crippen molar-refractivity contribution in [3.8, 4) is 0 Å². The lowest BCUT2D eigenvalue weighted by atomic mass is 10.1. The normalized spacial score (nSPS) is 10.5. The van der Waals surface area contributed by atoms with Crippen molar-refractivity contribution >= 4 is 35.0 Å². The van der Waals surface area contributed by atoms with Crippen molar-refractivity contribution in [2.75, 3.05) is 17.7 Å². The van der Waals surface area contributed by atoms with Gasteiger partial charge in [-0.1, -0.05) is 29.8 Å². The Morgan fingerprint density at radius 2 is 1.76 bits per heavy atom. The average Bonchev–Trinajstić information content (AvgIpc) is 2.97. The van der Waals surface area contributed by atoms with Crippen molar-refractivity contribution in [2.24, 2.45) is 0 Å². The van der Waals surface area contributed by atoms with Crippen LogP contribution in [0.3, 0.4) is 0 Å². The zero-order chi connectivity index (χ0) is 21.0. The number of urea groups is 1. The van der Waals surface area contributed by atoms with Crippen LogP contribution in [-0.2, 0) is 11.3 Å². The molecular weight excluding hydrogens is 392 g/mol. The van der Waals surface area contributed by atoms with Crippen LogP contribution in [0.1, 0.15) is 27.3 Å². The molecule has 0 atom stereocenters. The number of ether oxygens (including phenoxy) is 1. The number of esters is 1. The Balaban J connectivity index is 1.78. The predicted molar refractivity (Wildman–Crippen MR) is 113 cm³/mol. The van der Waals surface area contributed by atoms with E-state index in [1.165, 1.54) is 7.11 Å². The molecule has 0 aliphatic carbocycles. The van der Waals surface area contributed by atoms with Crippen molar-refractivity contribution in [3.63, 3.8) is 0 Å².